The van der Waals surface area contributed by atoms with Gasteiger partial charge in [0.25, 0.3) is 10.0 Å². The Morgan fingerprint density at radius 3 is 2.30 bits per heavy atom. The lowest BCUT2D eigenvalue weighted by atomic mass is 10.2. The van der Waals surface area contributed by atoms with Gasteiger partial charge in [-0.3, -0.25) is 4.72 Å². The van der Waals surface area contributed by atoms with Gasteiger partial charge in [0.1, 0.15) is 0 Å². The van der Waals surface area contributed by atoms with Crippen LogP contribution >= 0.6 is 39.1 Å². The molecule has 0 fully saturated rings. The normalized spacial score (nSPS) is 11.3. The summed E-state index contributed by atoms with van der Waals surface area (Å²) in [5.74, 6) is 0. The molecular formula is C13H10BrCl2NO2S. The van der Waals surface area contributed by atoms with E-state index in [-0.39, 0.29) is 15.6 Å². The van der Waals surface area contributed by atoms with Crippen LogP contribution in [0.25, 0.3) is 0 Å². The smallest absolute Gasteiger partial charge is 0.261 e. The summed E-state index contributed by atoms with van der Waals surface area (Å²) in [4.78, 5) is 0.165. The Balaban J connectivity index is 2.33. The third kappa shape index (κ3) is 3.47. The van der Waals surface area contributed by atoms with E-state index in [0.29, 0.717) is 10.4 Å². The van der Waals surface area contributed by atoms with E-state index in [1.165, 1.54) is 12.1 Å². The van der Waals surface area contributed by atoms with Gasteiger partial charge in [-0.05, 0) is 29.8 Å². The number of hydrogen-bond acceptors (Lipinski definition) is 2. The summed E-state index contributed by atoms with van der Waals surface area (Å²) in [6.07, 6.45) is 0. The van der Waals surface area contributed by atoms with Crippen LogP contribution in [0.4, 0.5) is 5.69 Å². The van der Waals surface area contributed by atoms with Crippen LogP contribution in [-0.4, -0.2) is 8.42 Å². The lowest BCUT2D eigenvalue weighted by Gasteiger charge is -2.10. The first-order chi connectivity index (χ1) is 9.44. The average molecular weight is 395 g/mol. The molecule has 3 nitrogen and oxygen atoms in total. The van der Waals surface area contributed by atoms with Crippen LogP contribution in [0.2, 0.25) is 10.0 Å². The van der Waals surface area contributed by atoms with Crippen molar-refractivity contribution in [3.8, 4) is 0 Å². The van der Waals surface area contributed by atoms with Gasteiger partial charge in [0.05, 0.1) is 20.6 Å². The van der Waals surface area contributed by atoms with E-state index in [2.05, 4.69) is 20.7 Å². The second-order valence-electron chi connectivity index (χ2n) is 3.98. The van der Waals surface area contributed by atoms with Crippen molar-refractivity contribution in [2.45, 2.75) is 10.2 Å². The summed E-state index contributed by atoms with van der Waals surface area (Å²) in [5, 5.41) is 1.14. The minimum atomic E-state index is -3.69. The number of hydrogen-bond donors (Lipinski definition) is 1. The summed E-state index contributed by atoms with van der Waals surface area (Å²) in [6.45, 7) is 0. The van der Waals surface area contributed by atoms with Crippen molar-refractivity contribution in [3.05, 3.63) is 58.1 Å². The number of benzene rings is 2. The quantitative estimate of drug-likeness (QED) is 0.764. The van der Waals surface area contributed by atoms with Crippen LogP contribution < -0.4 is 4.72 Å². The molecule has 0 radical (unpaired) electrons. The molecule has 0 aliphatic rings. The predicted molar refractivity (Wildman–Crippen MR) is 86.3 cm³/mol. The zero-order valence-corrected chi connectivity index (χ0v) is 14.0. The Kier molecular flexibility index (Phi) is 4.96. The van der Waals surface area contributed by atoms with Crippen molar-refractivity contribution >= 4 is 54.8 Å². The van der Waals surface area contributed by atoms with Crippen LogP contribution in [0.15, 0.2) is 47.4 Å². The highest BCUT2D eigenvalue weighted by Crippen LogP contribution is 2.31. The second kappa shape index (κ2) is 6.35. The first-order valence-electron chi connectivity index (χ1n) is 5.56. The minimum absolute atomic E-state index is 0.165. The predicted octanol–water partition coefficient (Wildman–Crippen LogP) is 4.69. The Morgan fingerprint density at radius 1 is 1.05 bits per heavy atom. The molecule has 0 heterocycles. The molecule has 0 bridgehead atoms. The van der Waals surface area contributed by atoms with E-state index in [1.54, 1.807) is 30.3 Å². The van der Waals surface area contributed by atoms with Crippen molar-refractivity contribution in [3.63, 3.8) is 0 Å². The topological polar surface area (TPSA) is 46.2 Å². The lowest BCUT2D eigenvalue weighted by Crippen LogP contribution is -2.13. The third-order valence-electron chi connectivity index (χ3n) is 2.58. The molecule has 0 saturated heterocycles. The number of anilines is 1. The molecule has 2 aromatic carbocycles. The van der Waals surface area contributed by atoms with Crippen molar-refractivity contribution in [1.29, 1.82) is 0 Å². The monoisotopic (exact) mass is 393 g/mol. The number of sulfonamides is 1. The zero-order valence-electron chi connectivity index (χ0n) is 10.1. The summed E-state index contributed by atoms with van der Waals surface area (Å²) in [6, 6.07) is 11.3. The molecule has 2 rings (SSSR count). The molecule has 7 heteroatoms. The lowest BCUT2D eigenvalue weighted by molar-refractivity contribution is 0.601. The molecule has 106 valence electrons. The van der Waals surface area contributed by atoms with Crippen molar-refractivity contribution < 1.29 is 8.42 Å². The molecule has 0 amide bonds. The largest absolute Gasteiger partial charge is 0.278 e. The van der Waals surface area contributed by atoms with Gasteiger partial charge in [0.15, 0.2) is 0 Å². The highest BCUT2D eigenvalue weighted by Gasteiger charge is 2.16. The maximum Gasteiger partial charge on any atom is 0.261 e. The van der Waals surface area contributed by atoms with Gasteiger partial charge < -0.3 is 0 Å². The molecule has 1 N–H and O–H groups in total. The van der Waals surface area contributed by atoms with Gasteiger partial charge in [0, 0.05) is 5.33 Å². The van der Waals surface area contributed by atoms with Gasteiger partial charge >= 0.3 is 0 Å². The van der Waals surface area contributed by atoms with Crippen molar-refractivity contribution in [2.24, 2.45) is 0 Å². The molecule has 0 aliphatic heterocycles. The maximum atomic E-state index is 12.2. The fraction of sp³-hybridized carbons (Fsp3) is 0.0769. The summed E-state index contributed by atoms with van der Waals surface area (Å²) in [7, 11) is -3.69. The fourth-order valence-electron chi connectivity index (χ4n) is 1.54. The number of halogens is 3. The first-order valence-corrected chi connectivity index (χ1v) is 8.92. The van der Waals surface area contributed by atoms with E-state index in [4.69, 9.17) is 23.2 Å². The highest BCUT2D eigenvalue weighted by molar-refractivity contribution is 9.08. The molecule has 0 aliphatic carbocycles. The van der Waals surface area contributed by atoms with Crippen LogP contribution in [-0.2, 0) is 15.4 Å². The molecule has 2 aromatic rings. The van der Waals surface area contributed by atoms with Crippen molar-refractivity contribution in [1.82, 2.24) is 0 Å². The standard InChI is InChI=1S/C13H10BrCl2NO2S/c14-8-9-4-6-10(7-5-9)20(18,19)17-12-3-1-2-11(15)13(12)16/h1-7,17H,8H2. The van der Waals surface area contributed by atoms with Crippen LogP contribution in [0, 0.1) is 0 Å². The summed E-state index contributed by atoms with van der Waals surface area (Å²) in [5.41, 5.74) is 1.24. The van der Waals surface area contributed by atoms with Gasteiger partial charge in [-0.15, -0.1) is 0 Å². The van der Waals surface area contributed by atoms with Crippen LogP contribution in [0.1, 0.15) is 5.56 Å². The van der Waals surface area contributed by atoms with Crippen LogP contribution in [0.5, 0.6) is 0 Å². The Morgan fingerprint density at radius 2 is 1.70 bits per heavy atom. The average Bonchev–Trinajstić information content (AvgIpc) is 2.44. The van der Waals surface area contributed by atoms with Crippen LogP contribution in [0.3, 0.4) is 0 Å². The van der Waals surface area contributed by atoms with E-state index < -0.39 is 10.0 Å². The number of nitrogens with one attached hydrogen (secondary N) is 1. The van der Waals surface area contributed by atoms with E-state index in [0.717, 1.165) is 5.56 Å². The molecule has 0 saturated carbocycles. The molecule has 20 heavy (non-hydrogen) atoms. The van der Waals surface area contributed by atoms with E-state index in [1.807, 2.05) is 0 Å². The third-order valence-corrected chi connectivity index (χ3v) is 5.43. The van der Waals surface area contributed by atoms with Gasteiger partial charge in [-0.25, -0.2) is 8.42 Å². The molecule has 0 aromatic heterocycles. The SMILES string of the molecule is O=S(=O)(Nc1cccc(Cl)c1Cl)c1ccc(CBr)cc1. The molecule has 0 unspecified atom stereocenters. The summed E-state index contributed by atoms with van der Waals surface area (Å²) >= 11 is 15.1. The molecule has 0 atom stereocenters. The Labute approximate surface area is 136 Å². The Hall–Kier alpha value is -0.750. The molecular weight excluding hydrogens is 385 g/mol. The van der Waals surface area contributed by atoms with Crippen molar-refractivity contribution in [2.75, 3.05) is 4.72 Å². The fourth-order valence-corrected chi connectivity index (χ4v) is 3.39. The zero-order chi connectivity index (χ0) is 14.8. The number of alkyl halides is 1. The van der Waals surface area contributed by atoms with Gasteiger partial charge in [-0.2, -0.15) is 0 Å². The number of rotatable bonds is 4. The first kappa shape index (κ1) is 15.6. The summed E-state index contributed by atoms with van der Waals surface area (Å²) < 4.78 is 26.9. The minimum Gasteiger partial charge on any atom is -0.278 e. The second-order valence-corrected chi connectivity index (χ2v) is 7.01. The van der Waals surface area contributed by atoms with E-state index in [9.17, 15) is 8.42 Å². The highest BCUT2D eigenvalue weighted by atomic mass is 79.9. The van der Waals surface area contributed by atoms with Gasteiger partial charge in [0.2, 0.25) is 0 Å². The Bertz CT molecular complexity index is 718. The van der Waals surface area contributed by atoms with Gasteiger partial charge in [-0.1, -0.05) is 57.3 Å². The maximum absolute atomic E-state index is 12.2. The molecule has 0 spiro atoms. The van der Waals surface area contributed by atoms with E-state index >= 15 is 0 Å².